The SMILES string of the molecule is Fc1ccc(-c2cnc3n2C[C@H](CNCc2cccs2)OC3)cc1. The topological polar surface area (TPSA) is 39.1 Å². The Balaban J connectivity index is 1.44. The lowest BCUT2D eigenvalue weighted by atomic mass is 10.1. The van der Waals surface area contributed by atoms with Crippen LogP contribution < -0.4 is 5.32 Å². The van der Waals surface area contributed by atoms with Gasteiger partial charge in [0.05, 0.1) is 24.5 Å². The molecule has 3 aromatic rings. The van der Waals surface area contributed by atoms with Crippen molar-refractivity contribution in [3.8, 4) is 11.3 Å². The Morgan fingerprint density at radius 2 is 2.17 bits per heavy atom. The lowest BCUT2D eigenvalue weighted by Gasteiger charge is -2.26. The van der Waals surface area contributed by atoms with Crippen LogP contribution >= 0.6 is 11.3 Å². The number of thiophene rings is 1. The first-order chi connectivity index (χ1) is 11.8. The van der Waals surface area contributed by atoms with Gasteiger partial charge in [-0.2, -0.15) is 0 Å². The minimum absolute atomic E-state index is 0.103. The Morgan fingerprint density at radius 3 is 2.96 bits per heavy atom. The molecule has 24 heavy (non-hydrogen) atoms. The average molecular weight is 343 g/mol. The van der Waals surface area contributed by atoms with Gasteiger partial charge in [0, 0.05) is 18.0 Å². The van der Waals surface area contributed by atoms with Crippen LogP contribution in [0.1, 0.15) is 10.7 Å². The summed E-state index contributed by atoms with van der Waals surface area (Å²) >= 11 is 1.75. The largest absolute Gasteiger partial charge is 0.367 e. The first kappa shape index (κ1) is 15.5. The quantitative estimate of drug-likeness (QED) is 0.771. The predicted octanol–water partition coefficient (Wildman–Crippen LogP) is 3.44. The lowest BCUT2D eigenvalue weighted by Crippen LogP contribution is -2.36. The Hall–Kier alpha value is -2.02. The number of fused-ring (bicyclic) bond motifs is 1. The molecule has 0 aliphatic carbocycles. The highest BCUT2D eigenvalue weighted by Gasteiger charge is 2.22. The Morgan fingerprint density at radius 1 is 1.29 bits per heavy atom. The van der Waals surface area contributed by atoms with E-state index in [1.165, 1.54) is 17.0 Å². The summed E-state index contributed by atoms with van der Waals surface area (Å²) in [6.07, 6.45) is 1.94. The minimum atomic E-state index is -0.226. The van der Waals surface area contributed by atoms with Crippen LogP contribution in [-0.4, -0.2) is 22.2 Å². The van der Waals surface area contributed by atoms with E-state index in [-0.39, 0.29) is 11.9 Å². The minimum Gasteiger partial charge on any atom is -0.367 e. The molecule has 1 N–H and O–H groups in total. The zero-order valence-electron chi connectivity index (χ0n) is 13.1. The van der Waals surface area contributed by atoms with Crippen LogP contribution in [0.3, 0.4) is 0 Å². The fourth-order valence-corrected chi connectivity index (χ4v) is 3.60. The van der Waals surface area contributed by atoms with Gasteiger partial charge in [-0.05, 0) is 41.3 Å². The number of hydrogen-bond donors (Lipinski definition) is 1. The third kappa shape index (κ3) is 3.26. The van der Waals surface area contributed by atoms with Gasteiger partial charge in [0.2, 0.25) is 0 Å². The maximum absolute atomic E-state index is 13.1. The zero-order chi connectivity index (χ0) is 16.4. The standard InChI is InChI=1S/C18H18FN3OS/c19-14-5-3-13(4-6-14)17-10-21-18-12-23-15(11-22(17)18)8-20-9-16-2-1-7-24-16/h1-7,10,15,20H,8-9,11-12H2/t15-/m0/s1. The molecule has 3 heterocycles. The van der Waals surface area contributed by atoms with Gasteiger partial charge in [0.15, 0.2) is 0 Å². The van der Waals surface area contributed by atoms with E-state index in [9.17, 15) is 4.39 Å². The van der Waals surface area contributed by atoms with Crippen molar-refractivity contribution in [2.75, 3.05) is 6.54 Å². The molecule has 1 aliphatic heterocycles. The van der Waals surface area contributed by atoms with Crippen molar-refractivity contribution in [1.29, 1.82) is 0 Å². The number of ether oxygens (including phenoxy) is 1. The molecule has 0 bridgehead atoms. The van der Waals surface area contributed by atoms with Crippen molar-refractivity contribution >= 4 is 11.3 Å². The first-order valence-corrected chi connectivity index (χ1v) is 8.82. The van der Waals surface area contributed by atoms with E-state index in [4.69, 9.17) is 4.74 Å². The molecule has 1 aromatic carbocycles. The number of hydrogen-bond acceptors (Lipinski definition) is 4. The van der Waals surface area contributed by atoms with E-state index in [0.29, 0.717) is 6.61 Å². The van der Waals surface area contributed by atoms with Crippen LogP contribution in [0.5, 0.6) is 0 Å². The van der Waals surface area contributed by atoms with Crippen molar-refractivity contribution in [3.63, 3.8) is 0 Å². The van der Waals surface area contributed by atoms with Crippen LogP contribution in [-0.2, 0) is 24.4 Å². The van der Waals surface area contributed by atoms with Gasteiger partial charge < -0.3 is 14.6 Å². The van der Waals surface area contributed by atoms with E-state index in [1.807, 2.05) is 6.20 Å². The number of nitrogens with zero attached hydrogens (tertiary/aromatic N) is 2. The van der Waals surface area contributed by atoms with E-state index in [2.05, 4.69) is 32.4 Å². The molecule has 0 spiro atoms. The van der Waals surface area contributed by atoms with E-state index < -0.39 is 0 Å². The molecule has 1 aliphatic rings. The normalized spacial score (nSPS) is 17.0. The molecule has 4 nitrogen and oxygen atoms in total. The summed E-state index contributed by atoms with van der Waals surface area (Å²) in [4.78, 5) is 5.76. The number of benzene rings is 1. The molecule has 0 amide bonds. The van der Waals surface area contributed by atoms with Crippen LogP contribution in [0.15, 0.2) is 48.0 Å². The van der Waals surface area contributed by atoms with Gasteiger partial charge in [-0.15, -0.1) is 11.3 Å². The Labute approximate surface area is 143 Å². The molecule has 0 fully saturated rings. The third-order valence-electron chi connectivity index (χ3n) is 4.16. The van der Waals surface area contributed by atoms with Crippen LogP contribution in [0.2, 0.25) is 0 Å². The van der Waals surface area contributed by atoms with Crippen LogP contribution in [0, 0.1) is 5.82 Å². The number of imidazole rings is 1. The molecule has 4 rings (SSSR count). The second kappa shape index (κ2) is 6.84. The predicted molar refractivity (Wildman–Crippen MR) is 92.2 cm³/mol. The molecule has 2 aromatic heterocycles. The summed E-state index contributed by atoms with van der Waals surface area (Å²) < 4.78 is 21.2. The molecule has 0 radical (unpaired) electrons. The highest BCUT2D eigenvalue weighted by Crippen LogP contribution is 2.25. The monoisotopic (exact) mass is 343 g/mol. The van der Waals surface area contributed by atoms with Crippen molar-refractivity contribution in [2.45, 2.75) is 25.8 Å². The third-order valence-corrected chi connectivity index (χ3v) is 5.04. The fraction of sp³-hybridized carbons (Fsp3) is 0.278. The summed E-state index contributed by atoms with van der Waals surface area (Å²) in [5.41, 5.74) is 1.99. The highest BCUT2D eigenvalue weighted by molar-refractivity contribution is 7.09. The number of rotatable bonds is 5. The van der Waals surface area contributed by atoms with Gasteiger partial charge in [0.1, 0.15) is 18.2 Å². The second-order valence-electron chi connectivity index (χ2n) is 5.82. The summed E-state index contributed by atoms with van der Waals surface area (Å²) in [5.74, 6) is 0.694. The van der Waals surface area contributed by atoms with Gasteiger partial charge in [-0.25, -0.2) is 9.37 Å². The molecular formula is C18H18FN3OS. The molecule has 6 heteroatoms. The smallest absolute Gasteiger partial charge is 0.135 e. The van der Waals surface area contributed by atoms with Gasteiger partial charge in [0.25, 0.3) is 0 Å². The molecule has 124 valence electrons. The van der Waals surface area contributed by atoms with E-state index >= 15 is 0 Å². The number of nitrogens with one attached hydrogen (secondary N) is 1. The maximum atomic E-state index is 13.1. The van der Waals surface area contributed by atoms with Gasteiger partial charge >= 0.3 is 0 Å². The van der Waals surface area contributed by atoms with Gasteiger partial charge in [-0.3, -0.25) is 0 Å². The number of halogens is 1. The fourth-order valence-electron chi connectivity index (χ4n) is 2.93. The number of aromatic nitrogens is 2. The molecular weight excluding hydrogens is 325 g/mol. The lowest BCUT2D eigenvalue weighted by molar-refractivity contribution is 0.00329. The highest BCUT2D eigenvalue weighted by atomic mass is 32.1. The van der Waals surface area contributed by atoms with E-state index in [0.717, 1.165) is 36.7 Å². The van der Waals surface area contributed by atoms with E-state index in [1.54, 1.807) is 23.5 Å². The molecule has 1 atom stereocenters. The van der Waals surface area contributed by atoms with Crippen molar-refractivity contribution in [2.24, 2.45) is 0 Å². The summed E-state index contributed by atoms with van der Waals surface area (Å²) in [7, 11) is 0. The van der Waals surface area contributed by atoms with Crippen molar-refractivity contribution in [1.82, 2.24) is 14.9 Å². The second-order valence-corrected chi connectivity index (χ2v) is 6.85. The molecule has 0 saturated heterocycles. The molecule has 0 unspecified atom stereocenters. The van der Waals surface area contributed by atoms with Crippen molar-refractivity contribution in [3.05, 3.63) is 64.5 Å². The average Bonchev–Trinajstić information content (AvgIpc) is 3.25. The summed E-state index contributed by atoms with van der Waals surface area (Å²) in [6, 6.07) is 10.7. The van der Waals surface area contributed by atoms with Crippen molar-refractivity contribution < 1.29 is 9.13 Å². The zero-order valence-corrected chi connectivity index (χ0v) is 13.9. The summed E-state index contributed by atoms with van der Waals surface area (Å²) in [6.45, 7) is 2.91. The molecule has 0 saturated carbocycles. The first-order valence-electron chi connectivity index (χ1n) is 7.94. The maximum Gasteiger partial charge on any atom is 0.135 e. The van der Waals surface area contributed by atoms with Crippen LogP contribution in [0.4, 0.5) is 4.39 Å². The Bertz CT molecular complexity index is 798. The van der Waals surface area contributed by atoms with Crippen LogP contribution in [0.25, 0.3) is 11.3 Å². The Kier molecular flexibility index (Phi) is 4.42. The summed E-state index contributed by atoms with van der Waals surface area (Å²) in [5, 5.41) is 5.53. The van der Waals surface area contributed by atoms with Gasteiger partial charge in [-0.1, -0.05) is 6.07 Å².